The van der Waals surface area contributed by atoms with Crippen LogP contribution >= 0.6 is 11.3 Å². The summed E-state index contributed by atoms with van der Waals surface area (Å²) in [5.74, 6) is -1.11. The van der Waals surface area contributed by atoms with Crippen molar-refractivity contribution in [3.8, 4) is 0 Å². The predicted molar refractivity (Wildman–Crippen MR) is 80.4 cm³/mol. The van der Waals surface area contributed by atoms with E-state index in [1.165, 1.54) is 12.1 Å². The Hall–Kier alpha value is -1.00. The molecule has 2 heterocycles. The molecular weight excluding hydrogens is 314 g/mol. The number of nitrogens with one attached hydrogen (secondary N) is 1. The molecule has 2 N–H and O–H groups in total. The number of sulfonamides is 1. The van der Waals surface area contributed by atoms with Gasteiger partial charge in [-0.3, -0.25) is 4.90 Å². The smallest absolute Gasteiger partial charge is 0.345 e. The fourth-order valence-electron chi connectivity index (χ4n) is 2.06. The van der Waals surface area contributed by atoms with Gasteiger partial charge in [0.2, 0.25) is 10.0 Å². The first kappa shape index (κ1) is 16.4. The highest BCUT2D eigenvalue weighted by atomic mass is 32.2. The van der Waals surface area contributed by atoms with Crippen molar-refractivity contribution in [2.24, 2.45) is 0 Å². The number of carboxylic acid groups (broad SMARTS) is 1. The molecule has 21 heavy (non-hydrogen) atoms. The second-order valence-electron chi connectivity index (χ2n) is 4.97. The van der Waals surface area contributed by atoms with Gasteiger partial charge in [0.15, 0.2) is 0 Å². The van der Waals surface area contributed by atoms with E-state index in [0.29, 0.717) is 13.1 Å². The van der Waals surface area contributed by atoms with Crippen LogP contribution in [0.5, 0.6) is 0 Å². The fourth-order valence-corrected chi connectivity index (χ4v) is 4.27. The number of aromatic carboxylic acids is 1. The fraction of sp³-hybridized carbons (Fsp3) is 0.583. The zero-order valence-corrected chi connectivity index (χ0v) is 13.4. The highest BCUT2D eigenvalue weighted by Crippen LogP contribution is 2.21. The highest BCUT2D eigenvalue weighted by Gasteiger charge is 2.19. The Morgan fingerprint density at radius 1 is 1.33 bits per heavy atom. The minimum Gasteiger partial charge on any atom is -0.477 e. The van der Waals surface area contributed by atoms with Crippen molar-refractivity contribution in [1.29, 1.82) is 0 Å². The zero-order chi connectivity index (χ0) is 15.5. The van der Waals surface area contributed by atoms with Crippen LogP contribution in [0, 0.1) is 0 Å². The molecule has 2 rings (SSSR count). The quantitative estimate of drug-likeness (QED) is 0.760. The van der Waals surface area contributed by atoms with Gasteiger partial charge in [-0.1, -0.05) is 0 Å². The maximum atomic E-state index is 12.0. The minimum atomic E-state index is -3.62. The van der Waals surface area contributed by atoms with E-state index in [0.717, 1.165) is 37.5 Å². The molecule has 0 atom stereocenters. The van der Waals surface area contributed by atoms with Crippen LogP contribution in [0.3, 0.4) is 0 Å². The maximum Gasteiger partial charge on any atom is 0.345 e. The normalized spacial score (nSPS) is 18.0. The molecule has 118 valence electrons. The number of carboxylic acids is 1. The van der Waals surface area contributed by atoms with Crippen LogP contribution in [0.25, 0.3) is 0 Å². The third kappa shape index (κ3) is 4.48. The van der Waals surface area contributed by atoms with Crippen molar-refractivity contribution in [3.63, 3.8) is 0 Å². The number of likely N-dealkylation sites (N-methyl/N-ethyl adjacent to an activating group) is 1. The lowest BCUT2D eigenvalue weighted by atomic mass is 10.3. The number of hydrogen-bond acceptors (Lipinski definition) is 6. The summed E-state index contributed by atoms with van der Waals surface area (Å²) in [4.78, 5) is 15.2. The van der Waals surface area contributed by atoms with E-state index in [1.807, 2.05) is 0 Å². The summed E-state index contributed by atoms with van der Waals surface area (Å²) in [6.07, 6.45) is 0. The summed E-state index contributed by atoms with van der Waals surface area (Å²) in [6.45, 7) is 4.82. The number of carbonyl (C=O) groups is 1. The van der Waals surface area contributed by atoms with E-state index in [9.17, 15) is 13.2 Å². The second-order valence-corrected chi connectivity index (χ2v) is 8.04. The van der Waals surface area contributed by atoms with E-state index in [2.05, 4.69) is 21.6 Å². The highest BCUT2D eigenvalue weighted by molar-refractivity contribution is 7.91. The Morgan fingerprint density at radius 2 is 2.00 bits per heavy atom. The maximum absolute atomic E-state index is 12.0. The Balaban J connectivity index is 1.85. The summed E-state index contributed by atoms with van der Waals surface area (Å²) in [6, 6.07) is 2.63. The SMILES string of the molecule is CN1CCN(CCNS(=O)(=O)c2ccc(C(=O)O)s2)CC1. The number of nitrogens with zero attached hydrogens (tertiary/aromatic N) is 2. The standard InChI is InChI=1S/C12H19N3O4S2/c1-14-6-8-15(9-7-14)5-4-13-21(18,19)11-3-2-10(20-11)12(16)17/h2-3,13H,4-9H2,1H3,(H,16,17). The van der Waals surface area contributed by atoms with Crippen molar-refractivity contribution < 1.29 is 18.3 Å². The summed E-state index contributed by atoms with van der Waals surface area (Å²) in [5, 5.41) is 8.82. The monoisotopic (exact) mass is 333 g/mol. The molecule has 0 bridgehead atoms. The van der Waals surface area contributed by atoms with Gasteiger partial charge in [0.05, 0.1) is 0 Å². The Morgan fingerprint density at radius 3 is 2.57 bits per heavy atom. The van der Waals surface area contributed by atoms with Crippen molar-refractivity contribution in [2.45, 2.75) is 4.21 Å². The molecule has 1 saturated heterocycles. The van der Waals surface area contributed by atoms with Gasteiger partial charge in [-0.25, -0.2) is 17.9 Å². The molecule has 9 heteroatoms. The molecule has 0 amide bonds. The number of thiophene rings is 1. The van der Waals surface area contributed by atoms with Crippen molar-refractivity contribution >= 4 is 27.3 Å². The molecule has 7 nitrogen and oxygen atoms in total. The minimum absolute atomic E-state index is 0.0226. The van der Waals surface area contributed by atoms with Gasteiger partial charge in [-0.2, -0.15) is 0 Å². The molecule has 1 fully saturated rings. The second kappa shape index (κ2) is 6.84. The van der Waals surface area contributed by atoms with Crippen molar-refractivity contribution in [1.82, 2.24) is 14.5 Å². The molecule has 1 aliphatic rings. The van der Waals surface area contributed by atoms with Gasteiger partial charge >= 0.3 is 5.97 Å². The van der Waals surface area contributed by atoms with Gasteiger partial charge in [0, 0.05) is 39.3 Å². The van der Waals surface area contributed by atoms with Gasteiger partial charge in [0.25, 0.3) is 0 Å². The first-order chi connectivity index (χ1) is 9.88. The van der Waals surface area contributed by atoms with Gasteiger partial charge in [-0.05, 0) is 19.2 Å². The first-order valence-corrected chi connectivity index (χ1v) is 8.92. The molecule has 0 saturated carbocycles. The molecule has 0 unspecified atom stereocenters. The summed E-state index contributed by atoms with van der Waals surface area (Å²) < 4.78 is 26.6. The zero-order valence-electron chi connectivity index (χ0n) is 11.8. The third-order valence-corrected chi connectivity index (χ3v) is 6.40. The summed E-state index contributed by atoms with van der Waals surface area (Å²) in [5.41, 5.74) is 0. The predicted octanol–water partition coefficient (Wildman–Crippen LogP) is -0.0280. The van der Waals surface area contributed by atoms with E-state index in [1.54, 1.807) is 0 Å². The average Bonchev–Trinajstić information content (AvgIpc) is 2.91. The van der Waals surface area contributed by atoms with Crippen LogP contribution in [-0.2, 0) is 10.0 Å². The molecule has 0 radical (unpaired) electrons. The molecule has 0 aliphatic carbocycles. The van der Waals surface area contributed by atoms with Crippen LogP contribution in [0.2, 0.25) is 0 Å². The van der Waals surface area contributed by atoms with Crippen molar-refractivity contribution in [3.05, 3.63) is 17.0 Å². The topological polar surface area (TPSA) is 90.0 Å². The van der Waals surface area contributed by atoms with E-state index >= 15 is 0 Å². The molecule has 1 aromatic rings. The van der Waals surface area contributed by atoms with Gasteiger partial charge in [0.1, 0.15) is 9.09 Å². The van der Waals surface area contributed by atoms with Crippen molar-refractivity contribution in [2.75, 3.05) is 46.3 Å². The first-order valence-electron chi connectivity index (χ1n) is 6.62. The Labute approximate surface area is 128 Å². The number of rotatable bonds is 6. The number of piperazine rings is 1. The molecule has 1 aliphatic heterocycles. The van der Waals surface area contributed by atoms with E-state index in [-0.39, 0.29) is 9.09 Å². The van der Waals surface area contributed by atoms with Crippen LogP contribution in [0.4, 0.5) is 0 Å². The molecule has 0 aromatic carbocycles. The van der Waals surface area contributed by atoms with Crippen LogP contribution in [-0.4, -0.2) is 75.6 Å². The molecule has 0 spiro atoms. The lowest BCUT2D eigenvalue weighted by Crippen LogP contribution is -2.46. The lowest BCUT2D eigenvalue weighted by molar-refractivity contribution is 0.0702. The van der Waals surface area contributed by atoms with E-state index in [4.69, 9.17) is 5.11 Å². The summed E-state index contributed by atoms with van der Waals surface area (Å²) in [7, 11) is -1.55. The van der Waals surface area contributed by atoms with Gasteiger partial charge < -0.3 is 10.0 Å². The lowest BCUT2D eigenvalue weighted by Gasteiger charge is -2.32. The summed E-state index contributed by atoms with van der Waals surface area (Å²) >= 11 is 0.764. The number of hydrogen-bond donors (Lipinski definition) is 2. The molecule has 1 aromatic heterocycles. The van der Waals surface area contributed by atoms with Crippen LogP contribution in [0.15, 0.2) is 16.3 Å². The van der Waals surface area contributed by atoms with Gasteiger partial charge in [-0.15, -0.1) is 11.3 Å². The van der Waals surface area contributed by atoms with Crippen LogP contribution in [0.1, 0.15) is 9.67 Å². The largest absolute Gasteiger partial charge is 0.477 e. The Bertz CT molecular complexity index is 591. The molecular formula is C12H19N3O4S2. The Kier molecular flexibility index (Phi) is 5.33. The van der Waals surface area contributed by atoms with E-state index < -0.39 is 16.0 Å². The average molecular weight is 333 g/mol. The third-order valence-electron chi connectivity index (χ3n) is 3.37. The van der Waals surface area contributed by atoms with Crippen LogP contribution < -0.4 is 4.72 Å².